The van der Waals surface area contributed by atoms with Gasteiger partial charge in [0.1, 0.15) is 0 Å². The van der Waals surface area contributed by atoms with Gasteiger partial charge in [0, 0.05) is 6.54 Å². The molecule has 0 radical (unpaired) electrons. The SMILES string of the molecule is CC(C)C(C)(CN)NC(=O)c1ccc(S(N)(=O)=O)o1.Cl. The third-order valence-electron chi connectivity index (χ3n) is 3.18. The molecule has 5 N–H and O–H groups in total. The maximum absolute atomic E-state index is 12.0. The number of amides is 1. The normalized spacial score (nSPS) is 14.5. The Bertz CT molecular complexity index is 570. The van der Waals surface area contributed by atoms with Gasteiger partial charge in [0.15, 0.2) is 5.76 Å². The Morgan fingerprint density at radius 2 is 2.00 bits per heavy atom. The molecule has 1 aromatic heterocycles. The molecule has 0 aliphatic heterocycles. The monoisotopic (exact) mass is 325 g/mol. The zero-order valence-electron chi connectivity index (χ0n) is 11.5. The first-order chi connectivity index (χ1) is 8.60. The molecule has 0 saturated heterocycles. The highest BCUT2D eigenvalue weighted by Gasteiger charge is 2.30. The summed E-state index contributed by atoms with van der Waals surface area (Å²) in [5, 5.41) is 7.18. The highest BCUT2D eigenvalue weighted by molar-refractivity contribution is 7.89. The van der Waals surface area contributed by atoms with Crippen LogP contribution in [0.1, 0.15) is 31.3 Å². The van der Waals surface area contributed by atoms with Gasteiger partial charge in [-0.2, -0.15) is 0 Å². The van der Waals surface area contributed by atoms with E-state index in [2.05, 4.69) is 5.32 Å². The second-order valence-electron chi connectivity index (χ2n) is 4.89. The van der Waals surface area contributed by atoms with Gasteiger partial charge < -0.3 is 15.5 Å². The van der Waals surface area contributed by atoms with Crippen molar-refractivity contribution >= 4 is 28.3 Å². The first-order valence-corrected chi connectivity index (χ1v) is 7.30. The van der Waals surface area contributed by atoms with Crippen LogP contribution in [-0.2, 0) is 10.0 Å². The predicted molar refractivity (Wildman–Crippen MR) is 77.1 cm³/mol. The van der Waals surface area contributed by atoms with Gasteiger partial charge in [-0.15, -0.1) is 12.4 Å². The molecule has 9 heteroatoms. The van der Waals surface area contributed by atoms with Crippen molar-refractivity contribution in [2.24, 2.45) is 16.8 Å². The summed E-state index contributed by atoms with van der Waals surface area (Å²) in [6.45, 7) is 5.90. The lowest BCUT2D eigenvalue weighted by atomic mass is 9.88. The van der Waals surface area contributed by atoms with Crippen LogP contribution >= 0.6 is 12.4 Å². The molecule has 116 valence electrons. The number of sulfonamides is 1. The molecule has 1 atom stereocenters. The lowest BCUT2D eigenvalue weighted by Crippen LogP contribution is -2.54. The number of furan rings is 1. The number of primary sulfonamides is 1. The fraction of sp³-hybridized carbons (Fsp3) is 0.545. The zero-order chi connectivity index (χ0) is 14.8. The number of carbonyl (C=O) groups excluding carboxylic acids is 1. The van der Waals surface area contributed by atoms with Crippen molar-refractivity contribution in [3.63, 3.8) is 0 Å². The van der Waals surface area contributed by atoms with Crippen molar-refractivity contribution in [2.45, 2.75) is 31.4 Å². The van der Waals surface area contributed by atoms with Crippen LogP contribution in [0, 0.1) is 5.92 Å². The molecule has 1 aromatic rings. The van der Waals surface area contributed by atoms with Gasteiger partial charge in [0.25, 0.3) is 15.9 Å². The molecule has 0 aliphatic rings. The minimum Gasteiger partial charge on any atom is -0.438 e. The van der Waals surface area contributed by atoms with Crippen LogP contribution in [0.5, 0.6) is 0 Å². The summed E-state index contributed by atoms with van der Waals surface area (Å²) in [6.07, 6.45) is 0. The van der Waals surface area contributed by atoms with E-state index in [-0.39, 0.29) is 30.6 Å². The van der Waals surface area contributed by atoms with E-state index in [0.29, 0.717) is 0 Å². The second-order valence-corrected chi connectivity index (χ2v) is 6.39. The summed E-state index contributed by atoms with van der Waals surface area (Å²) in [5.41, 5.74) is 5.04. The van der Waals surface area contributed by atoms with Crippen LogP contribution in [0.3, 0.4) is 0 Å². The Labute approximate surface area is 124 Å². The van der Waals surface area contributed by atoms with Gasteiger partial charge in [0.05, 0.1) is 5.54 Å². The lowest BCUT2D eigenvalue weighted by molar-refractivity contribution is 0.0849. The number of hydrogen-bond donors (Lipinski definition) is 3. The third kappa shape index (κ3) is 4.20. The van der Waals surface area contributed by atoms with E-state index >= 15 is 0 Å². The van der Waals surface area contributed by atoms with E-state index in [0.717, 1.165) is 6.07 Å². The maximum atomic E-state index is 12.0. The number of hydrogen-bond acceptors (Lipinski definition) is 5. The van der Waals surface area contributed by atoms with E-state index in [4.69, 9.17) is 15.3 Å². The smallest absolute Gasteiger partial charge is 0.287 e. The van der Waals surface area contributed by atoms with Crippen molar-refractivity contribution < 1.29 is 17.6 Å². The van der Waals surface area contributed by atoms with Crippen LogP contribution in [-0.4, -0.2) is 26.4 Å². The second kappa shape index (κ2) is 6.57. The van der Waals surface area contributed by atoms with Gasteiger partial charge in [-0.25, -0.2) is 13.6 Å². The van der Waals surface area contributed by atoms with E-state index in [9.17, 15) is 13.2 Å². The predicted octanol–water partition coefficient (Wildman–Crippen LogP) is 0.452. The van der Waals surface area contributed by atoms with Gasteiger partial charge in [-0.1, -0.05) is 13.8 Å². The summed E-state index contributed by atoms with van der Waals surface area (Å²) < 4.78 is 27.0. The molecular formula is C11H20ClN3O4S. The van der Waals surface area contributed by atoms with Gasteiger partial charge in [0.2, 0.25) is 5.09 Å². The Morgan fingerprint density at radius 3 is 2.35 bits per heavy atom. The van der Waals surface area contributed by atoms with Crippen LogP contribution in [0.25, 0.3) is 0 Å². The van der Waals surface area contributed by atoms with Gasteiger partial charge in [-0.3, -0.25) is 4.79 Å². The largest absolute Gasteiger partial charge is 0.438 e. The van der Waals surface area contributed by atoms with E-state index < -0.39 is 26.6 Å². The molecule has 1 amide bonds. The Hall–Kier alpha value is -1.09. The molecule has 0 spiro atoms. The average Bonchev–Trinajstić information content (AvgIpc) is 2.77. The van der Waals surface area contributed by atoms with Crippen LogP contribution in [0.15, 0.2) is 21.6 Å². The van der Waals surface area contributed by atoms with Crippen LogP contribution in [0.2, 0.25) is 0 Å². The van der Waals surface area contributed by atoms with E-state index in [1.807, 2.05) is 13.8 Å². The average molecular weight is 326 g/mol. The van der Waals surface area contributed by atoms with E-state index in [1.165, 1.54) is 6.07 Å². The first kappa shape index (κ1) is 18.9. The summed E-state index contributed by atoms with van der Waals surface area (Å²) in [5.74, 6) is -0.546. The van der Waals surface area contributed by atoms with Crippen molar-refractivity contribution in [2.75, 3.05) is 6.54 Å². The van der Waals surface area contributed by atoms with Crippen molar-refractivity contribution in [1.82, 2.24) is 5.32 Å². The summed E-state index contributed by atoms with van der Waals surface area (Å²) >= 11 is 0. The molecule has 1 rings (SSSR count). The molecule has 0 saturated carbocycles. The Balaban J connectivity index is 0.00000361. The van der Waals surface area contributed by atoms with Crippen molar-refractivity contribution in [1.29, 1.82) is 0 Å². The lowest BCUT2D eigenvalue weighted by Gasteiger charge is -2.33. The number of nitrogens with one attached hydrogen (secondary N) is 1. The standard InChI is InChI=1S/C11H19N3O4S.ClH/c1-7(2)11(3,6-12)14-10(15)8-4-5-9(18-8)19(13,16)17;/h4-5,7H,6,12H2,1-3H3,(H,14,15)(H2,13,16,17);1H. The Kier molecular flexibility index (Phi) is 6.22. The highest BCUT2D eigenvalue weighted by Crippen LogP contribution is 2.17. The fourth-order valence-electron chi connectivity index (χ4n) is 1.35. The van der Waals surface area contributed by atoms with E-state index in [1.54, 1.807) is 6.92 Å². The molecule has 20 heavy (non-hydrogen) atoms. The molecule has 0 aromatic carbocycles. The molecular weight excluding hydrogens is 306 g/mol. The first-order valence-electron chi connectivity index (χ1n) is 5.75. The fourth-order valence-corrected chi connectivity index (χ4v) is 1.81. The number of rotatable bonds is 5. The maximum Gasteiger partial charge on any atom is 0.287 e. The quantitative estimate of drug-likeness (QED) is 0.724. The minimum absolute atomic E-state index is 0. The minimum atomic E-state index is -3.95. The number of nitrogens with two attached hydrogens (primary N) is 2. The molecule has 0 bridgehead atoms. The molecule has 0 aliphatic carbocycles. The summed E-state index contributed by atoms with van der Waals surface area (Å²) in [7, 11) is -3.95. The topological polar surface area (TPSA) is 128 Å². The zero-order valence-corrected chi connectivity index (χ0v) is 13.2. The molecule has 7 nitrogen and oxygen atoms in total. The Morgan fingerprint density at radius 1 is 1.45 bits per heavy atom. The number of carbonyl (C=O) groups is 1. The summed E-state index contributed by atoms with van der Waals surface area (Å²) in [4.78, 5) is 12.0. The number of halogens is 1. The molecule has 1 heterocycles. The third-order valence-corrected chi connectivity index (χ3v) is 3.96. The highest BCUT2D eigenvalue weighted by atomic mass is 35.5. The van der Waals surface area contributed by atoms with Crippen LogP contribution in [0.4, 0.5) is 0 Å². The molecule has 1 unspecified atom stereocenters. The van der Waals surface area contributed by atoms with Gasteiger partial charge >= 0.3 is 0 Å². The molecule has 0 fully saturated rings. The van der Waals surface area contributed by atoms with Gasteiger partial charge in [-0.05, 0) is 25.0 Å². The van der Waals surface area contributed by atoms with Crippen molar-refractivity contribution in [3.05, 3.63) is 17.9 Å². The van der Waals surface area contributed by atoms with Crippen molar-refractivity contribution in [3.8, 4) is 0 Å². The van der Waals surface area contributed by atoms with Crippen LogP contribution < -0.4 is 16.2 Å². The summed E-state index contributed by atoms with van der Waals surface area (Å²) in [6, 6.07) is 2.39.